The maximum absolute atomic E-state index is 11.1. The average molecular weight is 274 g/mol. The van der Waals surface area contributed by atoms with Gasteiger partial charge in [-0.2, -0.15) is 5.10 Å². The van der Waals surface area contributed by atoms with Gasteiger partial charge in [-0.15, -0.1) is 0 Å². The number of sulfone groups is 1. The van der Waals surface area contributed by atoms with Gasteiger partial charge < -0.3 is 5.11 Å². The zero-order valence-electron chi connectivity index (χ0n) is 11.6. The lowest BCUT2D eigenvalue weighted by atomic mass is 9.88. The van der Waals surface area contributed by atoms with Crippen molar-refractivity contribution in [2.45, 2.75) is 38.7 Å². The molecule has 0 spiro atoms. The standard InChI is InChI=1S/C12H22N2O3S/c1-12(2,3)11-9(8-14(4)13-11)10(15)6-7-18(5,16)17/h8,10,15H,6-7H2,1-5H3. The van der Waals surface area contributed by atoms with Gasteiger partial charge in [-0.3, -0.25) is 4.68 Å². The first-order valence-electron chi connectivity index (χ1n) is 5.90. The molecule has 104 valence electrons. The number of aryl methyl sites for hydroxylation is 1. The van der Waals surface area contributed by atoms with Crippen LogP contribution < -0.4 is 0 Å². The molecule has 0 bridgehead atoms. The van der Waals surface area contributed by atoms with Crippen LogP contribution in [0.3, 0.4) is 0 Å². The first-order chi connectivity index (χ1) is 8.00. The quantitative estimate of drug-likeness (QED) is 0.895. The van der Waals surface area contributed by atoms with E-state index in [2.05, 4.69) is 5.10 Å². The van der Waals surface area contributed by atoms with Crippen LogP contribution in [-0.2, 0) is 22.3 Å². The Hall–Kier alpha value is -0.880. The molecule has 1 aromatic rings. The van der Waals surface area contributed by atoms with Crippen molar-refractivity contribution in [3.05, 3.63) is 17.5 Å². The number of aliphatic hydroxyl groups is 1. The predicted octanol–water partition coefficient (Wildman–Crippen LogP) is 1.19. The molecule has 5 nitrogen and oxygen atoms in total. The minimum absolute atomic E-state index is 0.0212. The summed E-state index contributed by atoms with van der Waals surface area (Å²) in [5, 5.41) is 14.5. The van der Waals surface area contributed by atoms with Gasteiger partial charge in [0.25, 0.3) is 0 Å². The summed E-state index contributed by atoms with van der Waals surface area (Å²) in [5.74, 6) is -0.0212. The maximum atomic E-state index is 11.1. The van der Waals surface area contributed by atoms with Gasteiger partial charge in [-0.25, -0.2) is 8.42 Å². The molecule has 0 aromatic carbocycles. The second-order valence-electron chi connectivity index (χ2n) is 5.79. The molecule has 6 heteroatoms. The number of rotatable bonds is 4. The number of hydrogen-bond donors (Lipinski definition) is 1. The van der Waals surface area contributed by atoms with Gasteiger partial charge in [-0.1, -0.05) is 20.8 Å². The third-order valence-electron chi connectivity index (χ3n) is 2.69. The van der Waals surface area contributed by atoms with Crippen molar-refractivity contribution in [2.24, 2.45) is 7.05 Å². The molecule has 0 saturated carbocycles. The number of aromatic nitrogens is 2. The molecule has 1 unspecified atom stereocenters. The van der Waals surface area contributed by atoms with Crippen LogP contribution in [0, 0.1) is 0 Å². The molecule has 0 amide bonds. The lowest BCUT2D eigenvalue weighted by molar-refractivity contribution is 0.172. The smallest absolute Gasteiger partial charge is 0.147 e. The average Bonchev–Trinajstić information content (AvgIpc) is 2.55. The topological polar surface area (TPSA) is 72.2 Å². The van der Waals surface area contributed by atoms with Crippen molar-refractivity contribution in [3.63, 3.8) is 0 Å². The summed E-state index contributed by atoms with van der Waals surface area (Å²) in [5.41, 5.74) is 1.35. The van der Waals surface area contributed by atoms with Gasteiger partial charge in [0.2, 0.25) is 0 Å². The highest BCUT2D eigenvalue weighted by molar-refractivity contribution is 7.90. The van der Waals surface area contributed by atoms with E-state index in [1.807, 2.05) is 20.8 Å². The number of hydrogen-bond acceptors (Lipinski definition) is 4. The van der Waals surface area contributed by atoms with Crippen molar-refractivity contribution in [3.8, 4) is 0 Å². The Morgan fingerprint density at radius 3 is 2.44 bits per heavy atom. The largest absolute Gasteiger partial charge is 0.388 e. The molecule has 1 rings (SSSR count). The maximum Gasteiger partial charge on any atom is 0.147 e. The van der Waals surface area contributed by atoms with E-state index in [0.717, 1.165) is 5.69 Å². The highest BCUT2D eigenvalue weighted by atomic mass is 32.2. The van der Waals surface area contributed by atoms with E-state index in [1.54, 1.807) is 17.9 Å². The summed E-state index contributed by atoms with van der Waals surface area (Å²) in [6.45, 7) is 6.05. The number of aliphatic hydroxyl groups excluding tert-OH is 1. The van der Waals surface area contributed by atoms with Crippen LogP contribution in [0.4, 0.5) is 0 Å². The summed E-state index contributed by atoms with van der Waals surface area (Å²) >= 11 is 0. The Morgan fingerprint density at radius 2 is 2.00 bits per heavy atom. The molecule has 0 aliphatic carbocycles. The lowest BCUT2D eigenvalue weighted by Gasteiger charge is -2.19. The van der Waals surface area contributed by atoms with Crippen LogP contribution in [0.25, 0.3) is 0 Å². The SMILES string of the molecule is Cn1cc(C(O)CCS(C)(=O)=O)c(C(C)(C)C)n1. The van der Waals surface area contributed by atoms with Crippen LogP contribution in [0.15, 0.2) is 6.20 Å². The molecule has 1 aromatic heterocycles. The zero-order chi connectivity index (χ0) is 14.1. The molecular weight excluding hydrogens is 252 g/mol. The molecule has 0 saturated heterocycles. The van der Waals surface area contributed by atoms with Crippen molar-refractivity contribution >= 4 is 9.84 Å². The second kappa shape index (κ2) is 5.01. The van der Waals surface area contributed by atoms with E-state index in [4.69, 9.17) is 0 Å². The van der Waals surface area contributed by atoms with Crippen LogP contribution in [0.1, 0.15) is 44.6 Å². The summed E-state index contributed by atoms with van der Waals surface area (Å²) < 4.78 is 23.9. The van der Waals surface area contributed by atoms with E-state index in [-0.39, 0.29) is 17.6 Å². The number of nitrogens with zero attached hydrogens (tertiary/aromatic N) is 2. The normalized spacial score (nSPS) is 14.8. The third kappa shape index (κ3) is 4.10. The minimum atomic E-state index is -3.06. The van der Waals surface area contributed by atoms with Gasteiger partial charge in [0.1, 0.15) is 9.84 Å². The van der Waals surface area contributed by atoms with Crippen LogP contribution >= 0.6 is 0 Å². The Balaban J connectivity index is 2.96. The van der Waals surface area contributed by atoms with Gasteiger partial charge in [0.15, 0.2) is 0 Å². The van der Waals surface area contributed by atoms with Crippen LogP contribution in [0.5, 0.6) is 0 Å². The molecule has 1 atom stereocenters. The van der Waals surface area contributed by atoms with Crippen LogP contribution in [0.2, 0.25) is 0 Å². The highest BCUT2D eigenvalue weighted by Crippen LogP contribution is 2.29. The first kappa shape index (κ1) is 15.2. The Kier molecular flexibility index (Phi) is 4.23. The van der Waals surface area contributed by atoms with Gasteiger partial charge in [-0.05, 0) is 6.42 Å². The first-order valence-corrected chi connectivity index (χ1v) is 7.96. The summed E-state index contributed by atoms with van der Waals surface area (Å²) in [4.78, 5) is 0. The van der Waals surface area contributed by atoms with Crippen molar-refractivity contribution in [2.75, 3.05) is 12.0 Å². The molecule has 0 aliphatic heterocycles. The van der Waals surface area contributed by atoms with E-state index in [0.29, 0.717) is 5.56 Å². The van der Waals surface area contributed by atoms with E-state index in [1.165, 1.54) is 6.26 Å². The minimum Gasteiger partial charge on any atom is -0.388 e. The van der Waals surface area contributed by atoms with E-state index < -0.39 is 15.9 Å². The fourth-order valence-electron chi connectivity index (χ4n) is 1.81. The molecule has 0 aliphatic rings. The Labute approximate surface area is 109 Å². The van der Waals surface area contributed by atoms with Gasteiger partial charge in [0.05, 0.1) is 17.6 Å². The van der Waals surface area contributed by atoms with Crippen molar-refractivity contribution in [1.82, 2.24) is 9.78 Å². The van der Waals surface area contributed by atoms with E-state index >= 15 is 0 Å². The Bertz CT molecular complexity index is 512. The zero-order valence-corrected chi connectivity index (χ0v) is 12.5. The molecule has 18 heavy (non-hydrogen) atoms. The summed E-state index contributed by atoms with van der Waals surface area (Å²) in [6.07, 6.45) is 2.34. The molecule has 1 N–H and O–H groups in total. The fourth-order valence-corrected chi connectivity index (χ4v) is 2.47. The monoisotopic (exact) mass is 274 g/mol. The van der Waals surface area contributed by atoms with Crippen molar-refractivity contribution < 1.29 is 13.5 Å². The Morgan fingerprint density at radius 1 is 1.44 bits per heavy atom. The van der Waals surface area contributed by atoms with Crippen molar-refractivity contribution in [1.29, 1.82) is 0 Å². The van der Waals surface area contributed by atoms with Gasteiger partial charge in [0, 0.05) is 30.5 Å². The molecule has 0 fully saturated rings. The third-order valence-corrected chi connectivity index (χ3v) is 3.67. The second-order valence-corrected chi connectivity index (χ2v) is 8.05. The predicted molar refractivity (Wildman–Crippen MR) is 71.2 cm³/mol. The van der Waals surface area contributed by atoms with Gasteiger partial charge >= 0.3 is 0 Å². The lowest BCUT2D eigenvalue weighted by Crippen LogP contribution is -2.17. The molecule has 0 radical (unpaired) electrons. The molecular formula is C12H22N2O3S. The van der Waals surface area contributed by atoms with Crippen LogP contribution in [-0.4, -0.2) is 35.3 Å². The molecule has 1 heterocycles. The van der Waals surface area contributed by atoms with E-state index in [9.17, 15) is 13.5 Å². The summed E-state index contributed by atoms with van der Waals surface area (Å²) in [7, 11) is -1.26. The summed E-state index contributed by atoms with van der Waals surface area (Å²) in [6, 6.07) is 0. The fraction of sp³-hybridized carbons (Fsp3) is 0.750. The highest BCUT2D eigenvalue weighted by Gasteiger charge is 2.26.